The smallest absolute Gasteiger partial charge is 0.307 e. The van der Waals surface area contributed by atoms with Crippen LogP contribution in [0.15, 0.2) is 0 Å². The average molecular weight is 406 g/mol. The molecule has 2 rings (SSSR count). The van der Waals surface area contributed by atoms with Gasteiger partial charge in [0, 0.05) is 31.3 Å². The number of carbonyl (C=O) groups excluding carboxylic acids is 2. The SMILES string of the molecule is CC(=O)C1CCCCC1C(=O)O.CC(=O)C1CCCCC1C(=O)O.[Zn]. The second-order valence-electron chi connectivity index (χ2n) is 6.89. The molecule has 2 saturated carbocycles. The molecule has 0 radical (unpaired) electrons. The Hall–Kier alpha value is -1.10. The first-order valence-electron chi connectivity index (χ1n) is 8.72. The summed E-state index contributed by atoms with van der Waals surface area (Å²) in [5, 5.41) is 17.6. The number of carboxylic acids is 2. The van der Waals surface area contributed by atoms with Crippen LogP contribution in [0.5, 0.6) is 0 Å². The Labute approximate surface area is 161 Å². The van der Waals surface area contributed by atoms with Crippen LogP contribution in [-0.2, 0) is 38.7 Å². The van der Waals surface area contributed by atoms with E-state index in [1.807, 2.05) is 0 Å². The summed E-state index contributed by atoms with van der Waals surface area (Å²) in [7, 11) is 0. The number of aliphatic carboxylic acids is 2. The molecule has 25 heavy (non-hydrogen) atoms. The monoisotopic (exact) mass is 404 g/mol. The molecule has 4 unspecified atom stereocenters. The van der Waals surface area contributed by atoms with Crippen molar-refractivity contribution in [1.29, 1.82) is 0 Å². The molecule has 0 heterocycles. The average Bonchev–Trinajstić information content (AvgIpc) is 2.55. The zero-order valence-electron chi connectivity index (χ0n) is 15.2. The molecule has 0 aliphatic heterocycles. The van der Waals surface area contributed by atoms with Crippen molar-refractivity contribution < 1.29 is 48.9 Å². The third-order valence-electron chi connectivity index (χ3n) is 5.21. The zero-order chi connectivity index (χ0) is 18.3. The van der Waals surface area contributed by atoms with Crippen LogP contribution in [0.1, 0.15) is 65.2 Å². The van der Waals surface area contributed by atoms with Crippen molar-refractivity contribution in [1.82, 2.24) is 0 Å². The number of hydrogen-bond acceptors (Lipinski definition) is 4. The van der Waals surface area contributed by atoms with Gasteiger partial charge in [0.25, 0.3) is 0 Å². The molecular formula is C18H28O6Zn. The van der Waals surface area contributed by atoms with Gasteiger partial charge < -0.3 is 10.2 Å². The van der Waals surface area contributed by atoms with Gasteiger partial charge in [0.2, 0.25) is 0 Å². The van der Waals surface area contributed by atoms with E-state index in [1.165, 1.54) is 13.8 Å². The Balaban J connectivity index is 0.000000443. The fourth-order valence-electron chi connectivity index (χ4n) is 3.83. The first-order chi connectivity index (χ1) is 11.3. The number of carbonyl (C=O) groups is 4. The minimum atomic E-state index is -0.810. The molecule has 4 atom stereocenters. The molecule has 0 bridgehead atoms. The molecule has 2 aliphatic rings. The maximum absolute atomic E-state index is 11.1. The van der Waals surface area contributed by atoms with E-state index < -0.39 is 23.8 Å². The Morgan fingerprint density at radius 2 is 0.840 bits per heavy atom. The standard InChI is InChI=1S/2C9H14O3.Zn/c2*1-6(10)7-4-2-3-5-8(7)9(11)12;/h2*7-8H,2-5H2,1H3,(H,11,12);. The first-order valence-corrected chi connectivity index (χ1v) is 8.72. The van der Waals surface area contributed by atoms with E-state index >= 15 is 0 Å². The molecule has 138 valence electrons. The van der Waals surface area contributed by atoms with Crippen LogP contribution in [0.2, 0.25) is 0 Å². The van der Waals surface area contributed by atoms with Crippen LogP contribution >= 0.6 is 0 Å². The molecule has 7 heteroatoms. The second-order valence-corrected chi connectivity index (χ2v) is 6.89. The molecule has 2 aliphatic carbocycles. The Bertz CT molecular complexity index is 402. The third-order valence-corrected chi connectivity index (χ3v) is 5.21. The number of ketones is 2. The van der Waals surface area contributed by atoms with Crippen LogP contribution in [0.4, 0.5) is 0 Å². The molecule has 0 amide bonds. The van der Waals surface area contributed by atoms with Gasteiger partial charge in [-0.3, -0.25) is 19.2 Å². The Kier molecular flexibility index (Phi) is 11.0. The predicted octanol–water partition coefficient (Wildman–Crippen LogP) is 2.93. The van der Waals surface area contributed by atoms with Crippen molar-refractivity contribution in [2.45, 2.75) is 65.2 Å². The third kappa shape index (κ3) is 7.35. The quantitative estimate of drug-likeness (QED) is 0.696. The summed E-state index contributed by atoms with van der Waals surface area (Å²) in [6, 6.07) is 0. The van der Waals surface area contributed by atoms with Crippen molar-refractivity contribution in [3.05, 3.63) is 0 Å². The summed E-state index contributed by atoms with van der Waals surface area (Å²) in [4.78, 5) is 43.5. The van der Waals surface area contributed by atoms with E-state index in [9.17, 15) is 19.2 Å². The van der Waals surface area contributed by atoms with Gasteiger partial charge in [0.1, 0.15) is 11.6 Å². The van der Waals surface area contributed by atoms with Gasteiger partial charge >= 0.3 is 11.9 Å². The van der Waals surface area contributed by atoms with Crippen molar-refractivity contribution in [2.24, 2.45) is 23.7 Å². The van der Waals surface area contributed by atoms with Gasteiger partial charge in [-0.05, 0) is 39.5 Å². The van der Waals surface area contributed by atoms with E-state index in [-0.39, 0.29) is 42.9 Å². The predicted molar refractivity (Wildman–Crippen MR) is 87.5 cm³/mol. The molecule has 0 aromatic carbocycles. The molecule has 0 aromatic rings. The number of Topliss-reactive ketones (excluding diaryl/α,β-unsaturated/α-hetero) is 2. The maximum atomic E-state index is 11.1. The van der Waals surface area contributed by atoms with Gasteiger partial charge in [-0.2, -0.15) is 0 Å². The van der Waals surface area contributed by atoms with E-state index in [4.69, 9.17) is 10.2 Å². The normalized spacial score (nSPS) is 28.6. The molecule has 0 saturated heterocycles. The van der Waals surface area contributed by atoms with E-state index in [0.717, 1.165) is 38.5 Å². The second kappa shape index (κ2) is 11.5. The van der Waals surface area contributed by atoms with Crippen LogP contribution < -0.4 is 0 Å². The Morgan fingerprint density at radius 1 is 0.600 bits per heavy atom. The fraction of sp³-hybridized carbons (Fsp3) is 0.778. The van der Waals surface area contributed by atoms with Crippen LogP contribution in [0, 0.1) is 23.7 Å². The van der Waals surface area contributed by atoms with Gasteiger partial charge in [-0.15, -0.1) is 0 Å². The van der Waals surface area contributed by atoms with E-state index in [2.05, 4.69) is 0 Å². The summed E-state index contributed by atoms with van der Waals surface area (Å²) >= 11 is 0. The van der Waals surface area contributed by atoms with Crippen LogP contribution in [-0.4, -0.2) is 33.7 Å². The molecule has 2 N–H and O–H groups in total. The van der Waals surface area contributed by atoms with Crippen LogP contribution in [0.3, 0.4) is 0 Å². The number of hydrogen-bond donors (Lipinski definition) is 2. The number of carboxylic acid groups (broad SMARTS) is 2. The molecular weight excluding hydrogens is 378 g/mol. The van der Waals surface area contributed by atoms with Crippen molar-refractivity contribution in [2.75, 3.05) is 0 Å². The zero-order valence-corrected chi connectivity index (χ0v) is 18.2. The largest absolute Gasteiger partial charge is 0.481 e. The maximum Gasteiger partial charge on any atom is 0.307 e. The molecule has 6 nitrogen and oxygen atoms in total. The summed E-state index contributed by atoms with van der Waals surface area (Å²) in [5.74, 6) is -2.85. The molecule has 0 spiro atoms. The van der Waals surface area contributed by atoms with E-state index in [1.54, 1.807) is 0 Å². The summed E-state index contributed by atoms with van der Waals surface area (Å²) in [6.07, 6.45) is 6.72. The van der Waals surface area contributed by atoms with Gasteiger partial charge in [0.05, 0.1) is 11.8 Å². The summed E-state index contributed by atoms with van der Waals surface area (Å²) < 4.78 is 0. The van der Waals surface area contributed by atoms with Crippen molar-refractivity contribution in [3.8, 4) is 0 Å². The van der Waals surface area contributed by atoms with Crippen molar-refractivity contribution >= 4 is 23.5 Å². The fourth-order valence-corrected chi connectivity index (χ4v) is 3.83. The number of rotatable bonds is 4. The minimum absolute atomic E-state index is 0. The van der Waals surface area contributed by atoms with Crippen LogP contribution in [0.25, 0.3) is 0 Å². The van der Waals surface area contributed by atoms with Gasteiger partial charge in [-0.1, -0.05) is 25.7 Å². The molecule has 2 fully saturated rings. The topological polar surface area (TPSA) is 109 Å². The Morgan fingerprint density at radius 3 is 1.00 bits per heavy atom. The van der Waals surface area contributed by atoms with Gasteiger partial charge in [-0.25, -0.2) is 0 Å². The minimum Gasteiger partial charge on any atom is -0.481 e. The summed E-state index contributed by atoms with van der Waals surface area (Å²) in [6.45, 7) is 2.98. The molecule has 0 aromatic heterocycles. The van der Waals surface area contributed by atoms with Crippen molar-refractivity contribution in [3.63, 3.8) is 0 Å². The first kappa shape index (κ1) is 23.9. The summed E-state index contributed by atoms with van der Waals surface area (Å²) in [5.41, 5.74) is 0. The van der Waals surface area contributed by atoms with Gasteiger partial charge in [0.15, 0.2) is 0 Å². The van der Waals surface area contributed by atoms with E-state index in [0.29, 0.717) is 12.8 Å².